The number of nitrogens with zero attached hydrogens (tertiary/aromatic N) is 1. The van der Waals surface area contributed by atoms with Gasteiger partial charge in [0.1, 0.15) is 19.5 Å². The number of amides is 1. The number of hydrogen-bond acceptors (Lipinski definition) is 4. The molecule has 1 aliphatic heterocycles. The van der Waals surface area contributed by atoms with Crippen molar-refractivity contribution in [2.75, 3.05) is 26.8 Å². The number of likely N-dealkylation sites (N-methyl/N-ethyl adjacent to an activating group) is 1. The molecule has 1 rings (SSSR count). The van der Waals surface area contributed by atoms with Gasteiger partial charge in [-0.25, -0.2) is 0 Å². The van der Waals surface area contributed by atoms with Crippen LogP contribution in [0.3, 0.4) is 0 Å². The van der Waals surface area contributed by atoms with Crippen LogP contribution in [0.4, 0.5) is 0 Å². The summed E-state index contributed by atoms with van der Waals surface area (Å²) in [6.45, 7) is 5.70. The highest BCUT2D eigenvalue weighted by Gasteiger charge is 2.20. The van der Waals surface area contributed by atoms with Crippen molar-refractivity contribution in [3.8, 4) is 0 Å². The molecule has 98 valence electrons. The Kier molecular flexibility index (Phi) is 5.28. The fraction of sp³-hybridized carbons (Fsp3) is 0.750. The standard InChI is InChI=1S/C12H22N2O3/c1-9(2)10(13)4-5-14(3)12(15)11-8-16-6-7-17-11/h8-10H,4-7,13H2,1-3H3. The van der Waals surface area contributed by atoms with Gasteiger partial charge in [0.15, 0.2) is 0 Å². The normalized spacial score (nSPS) is 16.9. The summed E-state index contributed by atoms with van der Waals surface area (Å²) in [5.41, 5.74) is 5.93. The first kappa shape index (κ1) is 13.8. The predicted octanol–water partition coefficient (Wildman–Crippen LogP) is 0.706. The zero-order chi connectivity index (χ0) is 12.8. The summed E-state index contributed by atoms with van der Waals surface area (Å²) in [7, 11) is 1.74. The van der Waals surface area contributed by atoms with Crippen LogP contribution in [0.1, 0.15) is 20.3 Å². The van der Waals surface area contributed by atoms with Crippen LogP contribution in [0.15, 0.2) is 12.0 Å². The second-order valence-corrected chi connectivity index (χ2v) is 4.62. The molecule has 0 aromatic carbocycles. The zero-order valence-electron chi connectivity index (χ0n) is 10.8. The van der Waals surface area contributed by atoms with Crippen molar-refractivity contribution in [3.05, 3.63) is 12.0 Å². The summed E-state index contributed by atoms with van der Waals surface area (Å²) in [6, 6.07) is 0.114. The van der Waals surface area contributed by atoms with Gasteiger partial charge >= 0.3 is 0 Å². The number of rotatable bonds is 5. The first-order valence-corrected chi connectivity index (χ1v) is 5.98. The average molecular weight is 242 g/mol. The van der Waals surface area contributed by atoms with Gasteiger partial charge in [0.25, 0.3) is 5.91 Å². The summed E-state index contributed by atoms with van der Waals surface area (Å²) < 4.78 is 10.3. The van der Waals surface area contributed by atoms with Crippen molar-refractivity contribution in [3.63, 3.8) is 0 Å². The molecule has 0 saturated carbocycles. The number of hydrogen-bond donors (Lipinski definition) is 1. The van der Waals surface area contributed by atoms with E-state index in [9.17, 15) is 4.79 Å². The van der Waals surface area contributed by atoms with Gasteiger partial charge < -0.3 is 20.1 Å². The van der Waals surface area contributed by atoms with E-state index in [1.807, 2.05) is 0 Å². The highest BCUT2D eigenvalue weighted by molar-refractivity contribution is 5.91. The maximum Gasteiger partial charge on any atom is 0.291 e. The third-order valence-corrected chi connectivity index (χ3v) is 2.86. The fourth-order valence-electron chi connectivity index (χ4n) is 1.45. The van der Waals surface area contributed by atoms with Crippen LogP contribution in [0, 0.1) is 5.92 Å². The lowest BCUT2D eigenvalue weighted by Gasteiger charge is -2.23. The molecule has 0 bridgehead atoms. The van der Waals surface area contributed by atoms with Crippen molar-refractivity contribution >= 4 is 5.91 Å². The topological polar surface area (TPSA) is 64.8 Å². The lowest BCUT2D eigenvalue weighted by molar-refractivity contribution is -0.131. The Hall–Kier alpha value is -1.23. The quantitative estimate of drug-likeness (QED) is 0.771. The molecule has 0 radical (unpaired) electrons. The van der Waals surface area contributed by atoms with Gasteiger partial charge in [-0.1, -0.05) is 13.8 Å². The van der Waals surface area contributed by atoms with E-state index in [2.05, 4.69) is 13.8 Å². The van der Waals surface area contributed by atoms with Crippen molar-refractivity contribution in [2.45, 2.75) is 26.3 Å². The SMILES string of the molecule is CC(C)C(N)CCN(C)C(=O)C1=COCCO1. The summed E-state index contributed by atoms with van der Waals surface area (Å²) in [6.07, 6.45) is 2.17. The Morgan fingerprint density at radius 2 is 2.24 bits per heavy atom. The van der Waals surface area contributed by atoms with E-state index in [1.54, 1.807) is 11.9 Å². The zero-order valence-corrected chi connectivity index (χ0v) is 10.8. The van der Waals surface area contributed by atoms with Gasteiger partial charge in [-0.05, 0) is 12.3 Å². The van der Waals surface area contributed by atoms with Crippen LogP contribution in [-0.2, 0) is 14.3 Å². The minimum absolute atomic E-state index is 0.114. The minimum atomic E-state index is -0.152. The van der Waals surface area contributed by atoms with Crippen LogP contribution in [0.25, 0.3) is 0 Å². The molecule has 0 aromatic rings. The average Bonchev–Trinajstić information content (AvgIpc) is 2.35. The van der Waals surface area contributed by atoms with Gasteiger partial charge in [-0.15, -0.1) is 0 Å². The molecule has 1 heterocycles. The first-order valence-electron chi connectivity index (χ1n) is 5.98. The second-order valence-electron chi connectivity index (χ2n) is 4.62. The number of carbonyl (C=O) groups is 1. The van der Waals surface area contributed by atoms with Crippen molar-refractivity contribution in [2.24, 2.45) is 11.7 Å². The van der Waals surface area contributed by atoms with Crippen LogP contribution in [0.2, 0.25) is 0 Å². The molecule has 0 spiro atoms. The van der Waals surface area contributed by atoms with E-state index < -0.39 is 0 Å². The Bertz CT molecular complexity index is 289. The summed E-state index contributed by atoms with van der Waals surface area (Å²) in [4.78, 5) is 13.5. The molecule has 0 fully saturated rings. The monoisotopic (exact) mass is 242 g/mol. The Morgan fingerprint density at radius 1 is 1.53 bits per heavy atom. The van der Waals surface area contributed by atoms with Gasteiger partial charge in [-0.2, -0.15) is 0 Å². The molecule has 1 aliphatic rings. The van der Waals surface area contributed by atoms with E-state index >= 15 is 0 Å². The molecular formula is C12H22N2O3. The highest BCUT2D eigenvalue weighted by atomic mass is 16.6. The molecule has 1 unspecified atom stereocenters. The highest BCUT2D eigenvalue weighted by Crippen LogP contribution is 2.09. The number of carbonyl (C=O) groups excluding carboxylic acids is 1. The molecule has 1 atom stereocenters. The largest absolute Gasteiger partial charge is 0.494 e. The predicted molar refractivity (Wildman–Crippen MR) is 65.1 cm³/mol. The fourth-order valence-corrected chi connectivity index (χ4v) is 1.45. The lowest BCUT2D eigenvalue weighted by atomic mass is 10.0. The van der Waals surface area contributed by atoms with Crippen LogP contribution in [-0.4, -0.2) is 43.7 Å². The Balaban J connectivity index is 2.39. The van der Waals surface area contributed by atoms with Gasteiger partial charge in [0, 0.05) is 19.6 Å². The van der Waals surface area contributed by atoms with Gasteiger partial charge in [0.05, 0.1) is 0 Å². The van der Waals surface area contributed by atoms with Crippen LogP contribution < -0.4 is 5.73 Å². The van der Waals surface area contributed by atoms with Crippen LogP contribution in [0.5, 0.6) is 0 Å². The van der Waals surface area contributed by atoms with Crippen molar-refractivity contribution in [1.29, 1.82) is 0 Å². The van der Waals surface area contributed by atoms with E-state index in [4.69, 9.17) is 15.2 Å². The number of nitrogens with two attached hydrogens (primary N) is 1. The third-order valence-electron chi connectivity index (χ3n) is 2.86. The molecular weight excluding hydrogens is 220 g/mol. The van der Waals surface area contributed by atoms with E-state index in [-0.39, 0.29) is 17.7 Å². The summed E-state index contributed by atoms with van der Waals surface area (Å²) in [5, 5.41) is 0. The molecule has 5 heteroatoms. The summed E-state index contributed by atoms with van der Waals surface area (Å²) in [5.74, 6) is 0.546. The molecule has 2 N–H and O–H groups in total. The lowest BCUT2D eigenvalue weighted by Crippen LogP contribution is -2.36. The maximum absolute atomic E-state index is 11.9. The number of ether oxygens (including phenoxy) is 2. The van der Waals surface area contributed by atoms with Crippen LogP contribution >= 0.6 is 0 Å². The first-order chi connectivity index (χ1) is 8.02. The molecule has 1 amide bonds. The summed E-state index contributed by atoms with van der Waals surface area (Å²) >= 11 is 0. The van der Waals surface area contributed by atoms with Gasteiger partial charge in [-0.3, -0.25) is 4.79 Å². The van der Waals surface area contributed by atoms with E-state index in [1.165, 1.54) is 6.26 Å². The Morgan fingerprint density at radius 3 is 2.76 bits per heavy atom. The minimum Gasteiger partial charge on any atom is -0.494 e. The second kappa shape index (κ2) is 6.49. The van der Waals surface area contributed by atoms with Crippen molar-refractivity contribution in [1.82, 2.24) is 4.90 Å². The Labute approximate surface area is 103 Å². The molecule has 0 aromatic heterocycles. The molecule has 5 nitrogen and oxygen atoms in total. The third kappa shape index (κ3) is 4.26. The smallest absolute Gasteiger partial charge is 0.291 e. The maximum atomic E-state index is 11.9. The van der Waals surface area contributed by atoms with E-state index in [0.717, 1.165) is 6.42 Å². The van der Waals surface area contributed by atoms with Gasteiger partial charge in [0.2, 0.25) is 5.76 Å². The molecule has 0 aliphatic carbocycles. The van der Waals surface area contributed by atoms with E-state index in [0.29, 0.717) is 25.7 Å². The van der Waals surface area contributed by atoms with Crippen molar-refractivity contribution < 1.29 is 14.3 Å². The molecule has 0 saturated heterocycles. The molecule has 17 heavy (non-hydrogen) atoms.